The average molecular weight is 250 g/mol. The first-order chi connectivity index (χ1) is 8.58. The summed E-state index contributed by atoms with van der Waals surface area (Å²) >= 11 is 0. The molecule has 0 spiro atoms. The van der Waals surface area contributed by atoms with Gasteiger partial charge >= 0.3 is 5.97 Å². The number of nitrogens with one attached hydrogen (secondary N) is 1. The van der Waals surface area contributed by atoms with Crippen LogP contribution in [0, 0.1) is 0 Å². The van der Waals surface area contributed by atoms with Crippen molar-refractivity contribution >= 4 is 11.7 Å². The van der Waals surface area contributed by atoms with E-state index in [2.05, 4.69) is 34.5 Å². The van der Waals surface area contributed by atoms with Crippen molar-refractivity contribution in [1.82, 2.24) is 5.32 Å². The van der Waals surface area contributed by atoms with Crippen LogP contribution in [0.25, 0.3) is 0 Å². The molecule has 0 aliphatic heterocycles. The molecule has 0 aliphatic rings. The normalized spacial score (nSPS) is 12.0. The van der Waals surface area contributed by atoms with Crippen LogP contribution < -0.4 is 10.2 Å². The van der Waals surface area contributed by atoms with Gasteiger partial charge in [0.15, 0.2) is 0 Å². The Hall–Kier alpha value is -1.55. The summed E-state index contributed by atoms with van der Waals surface area (Å²) in [6, 6.07) is 8.02. The molecule has 1 aromatic rings. The molecular weight excluding hydrogens is 228 g/mol. The van der Waals surface area contributed by atoms with Gasteiger partial charge in [-0.2, -0.15) is 0 Å². The molecule has 4 nitrogen and oxygen atoms in total. The molecule has 0 heterocycles. The van der Waals surface area contributed by atoms with E-state index in [0.29, 0.717) is 6.54 Å². The van der Waals surface area contributed by atoms with Crippen LogP contribution in [-0.4, -0.2) is 33.2 Å². The van der Waals surface area contributed by atoms with Crippen molar-refractivity contribution in [3.63, 3.8) is 0 Å². The van der Waals surface area contributed by atoms with Gasteiger partial charge in [0.2, 0.25) is 0 Å². The number of carbonyl (C=O) groups excluding carboxylic acids is 1. The number of anilines is 1. The van der Waals surface area contributed by atoms with E-state index in [1.165, 1.54) is 12.8 Å². The number of ether oxygens (including phenoxy) is 1. The highest BCUT2D eigenvalue weighted by atomic mass is 16.5. The predicted octanol–water partition coefficient (Wildman–Crippen LogP) is 1.79. The number of methoxy groups -OCH3 is 1. The number of benzene rings is 1. The van der Waals surface area contributed by atoms with E-state index in [9.17, 15) is 4.79 Å². The fourth-order valence-corrected chi connectivity index (χ4v) is 1.69. The van der Waals surface area contributed by atoms with E-state index < -0.39 is 0 Å². The Balaban J connectivity index is 2.54. The highest BCUT2D eigenvalue weighted by Gasteiger charge is 2.15. The fraction of sp³-hybridized carbons (Fsp3) is 0.500. The second-order valence-corrected chi connectivity index (χ2v) is 4.43. The first-order valence-electron chi connectivity index (χ1n) is 6.16. The van der Waals surface area contributed by atoms with Crippen molar-refractivity contribution in [2.45, 2.75) is 25.9 Å². The van der Waals surface area contributed by atoms with Crippen molar-refractivity contribution in [2.24, 2.45) is 0 Å². The van der Waals surface area contributed by atoms with Crippen LogP contribution in [0.3, 0.4) is 0 Å². The van der Waals surface area contributed by atoms with E-state index in [4.69, 9.17) is 4.74 Å². The molecule has 100 valence electrons. The molecule has 0 bridgehead atoms. The fourth-order valence-electron chi connectivity index (χ4n) is 1.69. The van der Waals surface area contributed by atoms with Gasteiger partial charge in [0.05, 0.1) is 7.11 Å². The molecule has 1 aromatic carbocycles. The topological polar surface area (TPSA) is 41.6 Å². The summed E-state index contributed by atoms with van der Waals surface area (Å²) in [5.41, 5.74) is 2.32. The van der Waals surface area contributed by atoms with Gasteiger partial charge in [-0.15, -0.1) is 0 Å². The van der Waals surface area contributed by atoms with Gasteiger partial charge in [-0.3, -0.25) is 4.79 Å². The maximum absolute atomic E-state index is 11.4. The number of nitrogens with zero attached hydrogens (tertiary/aromatic N) is 1. The zero-order chi connectivity index (χ0) is 13.5. The standard InChI is InChI=1S/C14H22N2O2/c1-5-13(14(17)18-4)15-10-11-6-8-12(9-7-11)16(2)3/h6-9,13,15H,5,10H2,1-4H3. The lowest BCUT2D eigenvalue weighted by molar-refractivity contribution is -0.143. The van der Waals surface area contributed by atoms with Gasteiger partial charge < -0.3 is 15.0 Å². The zero-order valence-electron chi connectivity index (χ0n) is 11.6. The summed E-state index contributed by atoms with van der Waals surface area (Å²) in [6.45, 7) is 2.63. The Bertz CT molecular complexity index is 374. The summed E-state index contributed by atoms with van der Waals surface area (Å²) < 4.78 is 4.73. The monoisotopic (exact) mass is 250 g/mol. The SMILES string of the molecule is CCC(NCc1ccc(N(C)C)cc1)C(=O)OC. The van der Waals surface area contributed by atoms with Crippen molar-refractivity contribution in [3.8, 4) is 0 Å². The molecular formula is C14H22N2O2. The first-order valence-corrected chi connectivity index (χ1v) is 6.16. The third-order valence-corrected chi connectivity index (χ3v) is 2.90. The molecule has 1 unspecified atom stereocenters. The largest absolute Gasteiger partial charge is 0.468 e. The van der Waals surface area contributed by atoms with Crippen molar-refractivity contribution in [1.29, 1.82) is 0 Å². The maximum Gasteiger partial charge on any atom is 0.322 e. The number of hydrogen-bond donors (Lipinski definition) is 1. The van der Waals surface area contributed by atoms with Crippen LogP contribution in [0.4, 0.5) is 5.69 Å². The van der Waals surface area contributed by atoms with E-state index in [0.717, 1.165) is 12.0 Å². The smallest absolute Gasteiger partial charge is 0.322 e. The van der Waals surface area contributed by atoms with Crippen molar-refractivity contribution in [2.75, 3.05) is 26.1 Å². The van der Waals surface area contributed by atoms with E-state index in [1.54, 1.807) is 0 Å². The zero-order valence-corrected chi connectivity index (χ0v) is 11.6. The number of esters is 1. The van der Waals surface area contributed by atoms with E-state index in [1.807, 2.05) is 21.0 Å². The summed E-state index contributed by atoms with van der Waals surface area (Å²) in [7, 11) is 5.44. The Labute approximate surface area is 109 Å². The lowest BCUT2D eigenvalue weighted by atomic mass is 10.1. The van der Waals surface area contributed by atoms with E-state index in [-0.39, 0.29) is 12.0 Å². The second-order valence-electron chi connectivity index (χ2n) is 4.43. The molecule has 0 amide bonds. The summed E-state index contributed by atoms with van der Waals surface area (Å²) in [6.07, 6.45) is 0.725. The molecule has 0 saturated heterocycles. The summed E-state index contributed by atoms with van der Waals surface area (Å²) in [5, 5.41) is 3.20. The molecule has 18 heavy (non-hydrogen) atoms. The van der Waals surface area contributed by atoms with Crippen molar-refractivity contribution < 1.29 is 9.53 Å². The van der Waals surface area contributed by atoms with Gasteiger partial charge in [-0.1, -0.05) is 19.1 Å². The van der Waals surface area contributed by atoms with E-state index >= 15 is 0 Å². The Kier molecular flexibility index (Phi) is 5.65. The lowest BCUT2D eigenvalue weighted by Gasteiger charge is -2.15. The van der Waals surface area contributed by atoms with Gasteiger partial charge in [-0.05, 0) is 24.1 Å². The van der Waals surface area contributed by atoms with Crippen LogP contribution in [0.15, 0.2) is 24.3 Å². The molecule has 0 saturated carbocycles. The Morgan fingerprint density at radius 2 is 1.94 bits per heavy atom. The Morgan fingerprint density at radius 3 is 2.39 bits per heavy atom. The van der Waals surface area contributed by atoms with Crippen LogP contribution in [-0.2, 0) is 16.1 Å². The second kappa shape index (κ2) is 7.01. The molecule has 0 radical (unpaired) electrons. The van der Waals surface area contributed by atoms with Crippen molar-refractivity contribution in [3.05, 3.63) is 29.8 Å². The maximum atomic E-state index is 11.4. The minimum Gasteiger partial charge on any atom is -0.468 e. The van der Waals surface area contributed by atoms with Gasteiger partial charge in [0.25, 0.3) is 0 Å². The number of hydrogen-bond acceptors (Lipinski definition) is 4. The lowest BCUT2D eigenvalue weighted by Crippen LogP contribution is -2.36. The van der Waals surface area contributed by atoms with Gasteiger partial charge in [0.1, 0.15) is 6.04 Å². The molecule has 0 aliphatic carbocycles. The number of rotatable bonds is 6. The molecule has 1 atom stereocenters. The molecule has 4 heteroatoms. The molecule has 0 fully saturated rings. The molecule has 0 aromatic heterocycles. The minimum absolute atomic E-state index is 0.206. The minimum atomic E-state index is -0.233. The van der Waals surface area contributed by atoms with Crippen LogP contribution in [0.1, 0.15) is 18.9 Å². The predicted molar refractivity (Wildman–Crippen MR) is 73.7 cm³/mol. The highest BCUT2D eigenvalue weighted by Crippen LogP contribution is 2.12. The Morgan fingerprint density at radius 1 is 1.33 bits per heavy atom. The summed E-state index contributed by atoms with van der Waals surface area (Å²) in [5.74, 6) is -0.206. The van der Waals surface area contributed by atoms with Gasteiger partial charge in [-0.25, -0.2) is 0 Å². The molecule has 1 N–H and O–H groups in total. The first kappa shape index (κ1) is 14.5. The number of carbonyl (C=O) groups is 1. The third-order valence-electron chi connectivity index (χ3n) is 2.90. The van der Waals surface area contributed by atoms with Crippen LogP contribution in [0.5, 0.6) is 0 Å². The quantitative estimate of drug-likeness (QED) is 0.782. The van der Waals surface area contributed by atoms with Gasteiger partial charge in [0, 0.05) is 26.3 Å². The van der Waals surface area contributed by atoms with Crippen LogP contribution >= 0.6 is 0 Å². The third kappa shape index (κ3) is 4.04. The summed E-state index contributed by atoms with van der Waals surface area (Å²) in [4.78, 5) is 13.5. The molecule has 1 rings (SSSR count). The van der Waals surface area contributed by atoms with Crippen LogP contribution in [0.2, 0.25) is 0 Å². The highest BCUT2D eigenvalue weighted by molar-refractivity contribution is 5.75. The average Bonchev–Trinajstić information content (AvgIpc) is 2.39.